The lowest BCUT2D eigenvalue weighted by Crippen LogP contribution is -2.16. The van der Waals surface area contributed by atoms with Crippen LogP contribution in [-0.4, -0.2) is 27.5 Å². The summed E-state index contributed by atoms with van der Waals surface area (Å²) in [5, 5.41) is 14.8. The summed E-state index contributed by atoms with van der Waals surface area (Å²) < 4.78 is 7.21. The first kappa shape index (κ1) is 15.2. The van der Waals surface area contributed by atoms with Crippen LogP contribution >= 0.6 is 0 Å². The predicted octanol–water partition coefficient (Wildman–Crippen LogP) is 3.25. The van der Waals surface area contributed by atoms with Gasteiger partial charge in [-0.2, -0.15) is 5.10 Å². The molecule has 0 bridgehead atoms. The van der Waals surface area contributed by atoms with Crippen molar-refractivity contribution < 1.29 is 14.6 Å². The van der Waals surface area contributed by atoms with E-state index in [0.29, 0.717) is 18.8 Å². The molecule has 1 unspecified atom stereocenters. The first-order valence-corrected chi connectivity index (χ1v) is 7.54. The van der Waals surface area contributed by atoms with Crippen LogP contribution < -0.4 is 0 Å². The Kier molecular flexibility index (Phi) is 4.39. The molecule has 0 amide bonds. The number of rotatable bonds is 6. The number of carboxylic acids is 1. The Morgan fingerprint density at radius 2 is 1.87 bits per heavy atom. The van der Waals surface area contributed by atoms with E-state index in [-0.39, 0.29) is 0 Å². The van der Waals surface area contributed by atoms with Gasteiger partial charge in [0, 0.05) is 12.0 Å². The average Bonchev–Trinajstić information content (AvgIpc) is 2.92. The summed E-state index contributed by atoms with van der Waals surface area (Å²) in [6.07, 6.45) is -1.05. The van der Waals surface area contributed by atoms with Crippen molar-refractivity contribution in [3.05, 3.63) is 65.9 Å². The van der Waals surface area contributed by atoms with Crippen molar-refractivity contribution in [1.29, 1.82) is 0 Å². The minimum absolute atomic E-state index is 0.316. The van der Waals surface area contributed by atoms with E-state index in [4.69, 9.17) is 4.74 Å². The van der Waals surface area contributed by atoms with Crippen LogP contribution in [0.15, 0.2) is 54.6 Å². The van der Waals surface area contributed by atoms with Crippen molar-refractivity contribution in [3.63, 3.8) is 0 Å². The number of carbonyl (C=O) groups is 1. The van der Waals surface area contributed by atoms with Gasteiger partial charge in [-0.15, -0.1) is 0 Å². The van der Waals surface area contributed by atoms with Gasteiger partial charge in [-0.3, -0.25) is 4.68 Å². The number of hydrogen-bond acceptors (Lipinski definition) is 3. The van der Waals surface area contributed by atoms with Gasteiger partial charge in [-0.1, -0.05) is 48.5 Å². The molecule has 1 atom stereocenters. The topological polar surface area (TPSA) is 64.3 Å². The Balaban J connectivity index is 2.08. The smallest absolute Gasteiger partial charge is 0.339 e. The zero-order valence-corrected chi connectivity index (χ0v) is 12.8. The van der Waals surface area contributed by atoms with E-state index >= 15 is 0 Å². The van der Waals surface area contributed by atoms with Crippen LogP contribution in [0, 0.1) is 0 Å². The van der Waals surface area contributed by atoms with E-state index < -0.39 is 12.1 Å². The van der Waals surface area contributed by atoms with Crippen LogP contribution in [0.25, 0.3) is 10.9 Å². The molecule has 1 aromatic heterocycles. The van der Waals surface area contributed by atoms with E-state index in [9.17, 15) is 9.90 Å². The highest BCUT2D eigenvalue weighted by atomic mass is 16.5. The van der Waals surface area contributed by atoms with Gasteiger partial charge in [0.15, 0.2) is 6.10 Å². The van der Waals surface area contributed by atoms with E-state index in [1.165, 1.54) is 0 Å². The molecule has 0 saturated carbocycles. The first-order valence-electron chi connectivity index (χ1n) is 7.54. The Hall–Kier alpha value is -2.66. The third-order valence-corrected chi connectivity index (χ3v) is 3.67. The Labute approximate surface area is 134 Å². The lowest BCUT2D eigenvalue weighted by atomic mass is 10.1. The van der Waals surface area contributed by atoms with Crippen molar-refractivity contribution in [2.75, 3.05) is 6.61 Å². The van der Waals surface area contributed by atoms with Crippen LogP contribution in [0.1, 0.15) is 24.3 Å². The molecule has 0 aliphatic carbocycles. The van der Waals surface area contributed by atoms with Crippen molar-refractivity contribution in [3.8, 4) is 0 Å². The molecule has 1 N–H and O–H groups in total. The molecule has 0 radical (unpaired) electrons. The first-order chi connectivity index (χ1) is 11.2. The minimum Gasteiger partial charge on any atom is -0.479 e. The summed E-state index contributed by atoms with van der Waals surface area (Å²) in [6, 6.07) is 17.6. The second kappa shape index (κ2) is 6.62. The van der Waals surface area contributed by atoms with E-state index in [0.717, 1.165) is 16.5 Å². The lowest BCUT2D eigenvalue weighted by Gasteiger charge is -2.10. The van der Waals surface area contributed by atoms with Gasteiger partial charge in [0.25, 0.3) is 0 Å². The zero-order chi connectivity index (χ0) is 16.2. The van der Waals surface area contributed by atoms with E-state index in [2.05, 4.69) is 5.10 Å². The van der Waals surface area contributed by atoms with Crippen molar-refractivity contribution in [2.45, 2.75) is 19.6 Å². The summed E-state index contributed by atoms with van der Waals surface area (Å²) >= 11 is 0. The molecule has 2 aromatic carbocycles. The normalized spacial score (nSPS) is 12.4. The lowest BCUT2D eigenvalue weighted by molar-refractivity contribution is -0.150. The maximum absolute atomic E-state index is 11.5. The SMILES string of the molecule is CCOC(C(=O)O)c1nn(Cc2ccccc2)c2ccccc12. The van der Waals surface area contributed by atoms with E-state index in [1.54, 1.807) is 6.92 Å². The number of benzene rings is 2. The highest BCUT2D eigenvalue weighted by Crippen LogP contribution is 2.27. The number of fused-ring (bicyclic) bond motifs is 1. The maximum atomic E-state index is 11.5. The zero-order valence-electron chi connectivity index (χ0n) is 12.8. The molecule has 1 heterocycles. The molecule has 23 heavy (non-hydrogen) atoms. The second-order valence-corrected chi connectivity index (χ2v) is 5.22. The predicted molar refractivity (Wildman–Crippen MR) is 87.3 cm³/mol. The van der Waals surface area contributed by atoms with Crippen LogP contribution in [0.4, 0.5) is 0 Å². The fraction of sp³-hybridized carbons (Fsp3) is 0.222. The van der Waals surface area contributed by atoms with Gasteiger partial charge in [0.2, 0.25) is 0 Å². The van der Waals surface area contributed by atoms with Gasteiger partial charge >= 0.3 is 5.97 Å². The number of hydrogen-bond donors (Lipinski definition) is 1. The fourth-order valence-electron chi connectivity index (χ4n) is 2.66. The maximum Gasteiger partial charge on any atom is 0.339 e. The van der Waals surface area contributed by atoms with Crippen LogP contribution in [0.2, 0.25) is 0 Å². The minimum atomic E-state index is -1.05. The van der Waals surface area contributed by atoms with Crippen molar-refractivity contribution in [1.82, 2.24) is 9.78 Å². The number of aromatic nitrogens is 2. The molecule has 3 aromatic rings. The second-order valence-electron chi connectivity index (χ2n) is 5.22. The molecule has 0 aliphatic heterocycles. The number of nitrogens with zero attached hydrogens (tertiary/aromatic N) is 2. The molecule has 0 aliphatic rings. The number of ether oxygens (including phenoxy) is 1. The number of aliphatic carboxylic acids is 1. The van der Waals surface area contributed by atoms with Gasteiger partial charge in [-0.05, 0) is 18.6 Å². The quantitative estimate of drug-likeness (QED) is 0.759. The number of para-hydroxylation sites is 1. The van der Waals surface area contributed by atoms with Crippen LogP contribution in [0.3, 0.4) is 0 Å². The molecule has 3 rings (SSSR count). The molecular weight excluding hydrogens is 292 g/mol. The third kappa shape index (κ3) is 3.10. The standard InChI is InChI=1S/C18H18N2O3/c1-2-23-17(18(21)22)16-14-10-6-7-11-15(14)20(19-16)12-13-8-4-3-5-9-13/h3-11,17H,2,12H2,1H3,(H,21,22). The molecular formula is C18H18N2O3. The van der Waals surface area contributed by atoms with Gasteiger partial charge in [0.05, 0.1) is 12.1 Å². The highest BCUT2D eigenvalue weighted by Gasteiger charge is 2.26. The number of carboxylic acid groups (broad SMARTS) is 1. The van der Waals surface area contributed by atoms with Gasteiger partial charge in [-0.25, -0.2) is 4.79 Å². The molecule has 5 heteroatoms. The summed E-state index contributed by atoms with van der Waals surface area (Å²) in [7, 11) is 0. The van der Waals surface area contributed by atoms with Crippen LogP contribution in [-0.2, 0) is 16.1 Å². The molecule has 118 valence electrons. The van der Waals surface area contributed by atoms with Crippen molar-refractivity contribution >= 4 is 16.9 Å². The third-order valence-electron chi connectivity index (χ3n) is 3.67. The molecule has 0 saturated heterocycles. The summed E-state index contributed by atoms with van der Waals surface area (Å²) in [5.41, 5.74) is 2.46. The fourth-order valence-corrected chi connectivity index (χ4v) is 2.66. The Bertz CT molecular complexity index is 812. The molecule has 5 nitrogen and oxygen atoms in total. The van der Waals surface area contributed by atoms with Gasteiger partial charge < -0.3 is 9.84 Å². The highest BCUT2D eigenvalue weighted by molar-refractivity contribution is 5.87. The monoisotopic (exact) mass is 310 g/mol. The average molecular weight is 310 g/mol. The molecule has 0 fully saturated rings. The summed E-state index contributed by atoms with van der Waals surface area (Å²) in [6.45, 7) is 2.68. The van der Waals surface area contributed by atoms with Crippen LogP contribution in [0.5, 0.6) is 0 Å². The Morgan fingerprint density at radius 3 is 2.57 bits per heavy atom. The Morgan fingerprint density at radius 1 is 1.17 bits per heavy atom. The molecule has 0 spiro atoms. The largest absolute Gasteiger partial charge is 0.479 e. The summed E-state index contributed by atoms with van der Waals surface area (Å²) in [4.78, 5) is 11.5. The van der Waals surface area contributed by atoms with E-state index in [1.807, 2.05) is 59.3 Å². The van der Waals surface area contributed by atoms with Crippen molar-refractivity contribution in [2.24, 2.45) is 0 Å². The summed E-state index contributed by atoms with van der Waals surface area (Å²) in [5.74, 6) is -1.03. The van der Waals surface area contributed by atoms with Gasteiger partial charge in [0.1, 0.15) is 5.69 Å².